The second-order valence-corrected chi connectivity index (χ2v) is 12.0. The lowest BCUT2D eigenvalue weighted by Gasteiger charge is -2.24. The van der Waals surface area contributed by atoms with Crippen molar-refractivity contribution < 1.29 is 17.7 Å². The number of morpholine rings is 1. The van der Waals surface area contributed by atoms with E-state index in [2.05, 4.69) is 37.9 Å². The molecule has 2 fully saturated rings. The number of hydrogen-bond donors (Lipinski definition) is 3. The Bertz CT molecular complexity index is 1540. The van der Waals surface area contributed by atoms with Crippen LogP contribution in [0.2, 0.25) is 0 Å². The van der Waals surface area contributed by atoms with Crippen LogP contribution < -0.4 is 16.4 Å². The molecule has 2 atom stereocenters. The van der Waals surface area contributed by atoms with Crippen LogP contribution in [0.25, 0.3) is 34.0 Å². The van der Waals surface area contributed by atoms with Gasteiger partial charge in [0.05, 0.1) is 41.3 Å². The molecule has 4 heterocycles. The zero-order valence-corrected chi connectivity index (χ0v) is 22.2. The van der Waals surface area contributed by atoms with Gasteiger partial charge in [-0.2, -0.15) is 0 Å². The Hall–Kier alpha value is -3.64. The van der Waals surface area contributed by atoms with E-state index in [1.165, 1.54) is 0 Å². The summed E-state index contributed by atoms with van der Waals surface area (Å²) in [4.78, 5) is 9.28. The second kappa shape index (κ2) is 10.9. The van der Waals surface area contributed by atoms with Crippen LogP contribution in [0.5, 0.6) is 0 Å². The number of hydrogen-bond acceptors (Lipinski definition) is 10. The maximum atomic E-state index is 13.0. The van der Waals surface area contributed by atoms with Crippen LogP contribution in [0, 0.1) is 0 Å². The Morgan fingerprint density at radius 1 is 0.974 bits per heavy atom. The van der Waals surface area contributed by atoms with Crippen LogP contribution in [-0.4, -0.2) is 61.6 Å². The Morgan fingerprint density at radius 3 is 2.46 bits per heavy atom. The van der Waals surface area contributed by atoms with E-state index < -0.39 is 15.1 Å². The molecule has 4 aromatic rings. The second-order valence-electron chi connectivity index (χ2n) is 9.81. The maximum Gasteiger partial charge on any atom is 0.189 e. The van der Waals surface area contributed by atoms with Crippen molar-refractivity contribution in [3.63, 3.8) is 0 Å². The SMILES string of the molecule is Nc1ncc(-c2ccc(S(=O)(=O)C3CCCNC3)cc2)nc1-c1cc(-c2ccc(C3COCCN3)cc2)no1. The molecule has 0 spiro atoms. The summed E-state index contributed by atoms with van der Waals surface area (Å²) in [5.74, 6) is 0.608. The molecule has 202 valence electrons. The third-order valence-electron chi connectivity index (χ3n) is 7.24. The molecule has 2 unspecified atom stereocenters. The standard InChI is InChI=1S/C28H30N6O4S/c29-28-27(26-14-23(34-38-26)18-3-5-20(6-4-18)25-17-37-13-12-31-25)33-24(16-32-28)19-7-9-21(10-8-19)39(35,36)22-2-1-11-30-15-22/h3-10,14,16,22,25,30-31H,1-2,11-13,15,17H2,(H2,29,32). The highest BCUT2D eigenvalue weighted by molar-refractivity contribution is 7.92. The van der Waals surface area contributed by atoms with E-state index in [1.54, 1.807) is 36.5 Å². The summed E-state index contributed by atoms with van der Waals surface area (Å²) >= 11 is 0. The number of nitrogens with one attached hydrogen (secondary N) is 2. The minimum atomic E-state index is -3.40. The molecule has 10 nitrogen and oxygen atoms in total. The number of rotatable bonds is 6. The summed E-state index contributed by atoms with van der Waals surface area (Å²) < 4.78 is 37.2. The minimum absolute atomic E-state index is 0.178. The summed E-state index contributed by atoms with van der Waals surface area (Å²) in [7, 11) is -3.40. The Kier molecular flexibility index (Phi) is 7.13. The Balaban J connectivity index is 1.22. The van der Waals surface area contributed by atoms with Crippen molar-refractivity contribution in [3.8, 4) is 34.0 Å². The first-order chi connectivity index (χ1) is 19.0. The number of aromatic nitrogens is 3. The molecule has 4 N–H and O–H groups in total. The van der Waals surface area contributed by atoms with Gasteiger partial charge in [0.1, 0.15) is 5.69 Å². The predicted octanol–water partition coefficient (Wildman–Crippen LogP) is 3.23. The van der Waals surface area contributed by atoms with Crippen LogP contribution in [0.4, 0.5) is 5.82 Å². The monoisotopic (exact) mass is 546 g/mol. The predicted molar refractivity (Wildman–Crippen MR) is 147 cm³/mol. The molecule has 0 amide bonds. The number of nitrogens with zero attached hydrogens (tertiary/aromatic N) is 3. The number of nitrogens with two attached hydrogens (primary N) is 1. The van der Waals surface area contributed by atoms with Gasteiger partial charge in [-0.15, -0.1) is 0 Å². The Labute approximate surface area is 226 Å². The van der Waals surface area contributed by atoms with Crippen LogP contribution in [0.3, 0.4) is 0 Å². The highest BCUT2D eigenvalue weighted by Crippen LogP contribution is 2.31. The third kappa shape index (κ3) is 5.30. The van der Waals surface area contributed by atoms with Crippen LogP contribution in [0.15, 0.2) is 70.2 Å². The first-order valence-corrected chi connectivity index (χ1v) is 14.6. The average Bonchev–Trinajstić information content (AvgIpc) is 3.49. The van der Waals surface area contributed by atoms with Gasteiger partial charge in [0.2, 0.25) is 0 Å². The molecule has 2 aromatic carbocycles. The summed E-state index contributed by atoms with van der Waals surface area (Å²) in [6.45, 7) is 3.55. The van der Waals surface area contributed by atoms with Crippen molar-refractivity contribution in [2.24, 2.45) is 0 Å². The fourth-order valence-corrected chi connectivity index (χ4v) is 6.71. The van der Waals surface area contributed by atoms with Gasteiger partial charge in [-0.25, -0.2) is 18.4 Å². The summed E-state index contributed by atoms with van der Waals surface area (Å²) in [5, 5.41) is 10.4. The first-order valence-electron chi connectivity index (χ1n) is 13.1. The van der Waals surface area contributed by atoms with E-state index in [0.29, 0.717) is 47.3 Å². The van der Waals surface area contributed by atoms with E-state index >= 15 is 0 Å². The lowest BCUT2D eigenvalue weighted by Crippen LogP contribution is -2.38. The van der Waals surface area contributed by atoms with Crippen molar-refractivity contribution in [1.82, 2.24) is 25.8 Å². The van der Waals surface area contributed by atoms with Crippen molar-refractivity contribution in [2.75, 3.05) is 38.6 Å². The number of nitrogen functional groups attached to an aromatic ring is 1. The fraction of sp³-hybridized carbons (Fsp3) is 0.321. The molecule has 6 rings (SSSR count). The average molecular weight is 547 g/mol. The van der Waals surface area contributed by atoms with Gasteiger partial charge < -0.3 is 25.6 Å². The molecule has 0 bridgehead atoms. The highest BCUT2D eigenvalue weighted by atomic mass is 32.2. The van der Waals surface area contributed by atoms with Crippen molar-refractivity contribution in [1.29, 1.82) is 0 Å². The summed E-state index contributed by atoms with van der Waals surface area (Å²) in [6, 6.07) is 16.8. The molecule has 0 saturated carbocycles. The normalized spacial score (nSPS) is 20.1. The van der Waals surface area contributed by atoms with E-state index in [4.69, 9.17) is 15.0 Å². The van der Waals surface area contributed by atoms with Gasteiger partial charge in [-0.3, -0.25) is 0 Å². The molecule has 2 aromatic heterocycles. The van der Waals surface area contributed by atoms with E-state index in [0.717, 1.165) is 42.8 Å². The van der Waals surface area contributed by atoms with Gasteiger partial charge in [0.25, 0.3) is 0 Å². The van der Waals surface area contributed by atoms with Crippen LogP contribution >= 0.6 is 0 Å². The van der Waals surface area contributed by atoms with Crippen molar-refractivity contribution in [3.05, 3.63) is 66.4 Å². The quantitative estimate of drug-likeness (QED) is 0.329. The minimum Gasteiger partial charge on any atom is -0.382 e. The topological polar surface area (TPSA) is 145 Å². The summed E-state index contributed by atoms with van der Waals surface area (Å²) in [5.41, 5.74) is 10.5. The lowest BCUT2D eigenvalue weighted by molar-refractivity contribution is 0.0769. The molecule has 2 aliphatic rings. The number of benzene rings is 2. The van der Waals surface area contributed by atoms with E-state index in [-0.39, 0.29) is 11.9 Å². The number of sulfone groups is 1. The van der Waals surface area contributed by atoms with E-state index in [1.807, 2.05) is 12.1 Å². The fourth-order valence-electron chi connectivity index (χ4n) is 5.00. The smallest absolute Gasteiger partial charge is 0.189 e. The summed E-state index contributed by atoms with van der Waals surface area (Å²) in [6.07, 6.45) is 3.08. The molecule has 0 aliphatic carbocycles. The lowest BCUT2D eigenvalue weighted by atomic mass is 10.0. The molecule has 2 saturated heterocycles. The first kappa shape index (κ1) is 25.6. The third-order valence-corrected chi connectivity index (χ3v) is 9.45. The number of anilines is 1. The molecular formula is C28H30N6O4S. The molecule has 11 heteroatoms. The van der Waals surface area contributed by atoms with Crippen LogP contribution in [-0.2, 0) is 14.6 Å². The highest BCUT2D eigenvalue weighted by Gasteiger charge is 2.29. The zero-order valence-electron chi connectivity index (χ0n) is 21.3. The van der Waals surface area contributed by atoms with Gasteiger partial charge in [0.15, 0.2) is 27.1 Å². The van der Waals surface area contributed by atoms with Crippen LogP contribution in [0.1, 0.15) is 24.4 Å². The molecular weight excluding hydrogens is 516 g/mol. The van der Waals surface area contributed by atoms with Crippen molar-refractivity contribution >= 4 is 15.7 Å². The van der Waals surface area contributed by atoms with E-state index in [9.17, 15) is 8.42 Å². The maximum absolute atomic E-state index is 13.0. The number of ether oxygens (including phenoxy) is 1. The Morgan fingerprint density at radius 2 is 1.74 bits per heavy atom. The van der Waals surface area contributed by atoms with Gasteiger partial charge in [0, 0.05) is 30.3 Å². The molecule has 39 heavy (non-hydrogen) atoms. The molecule has 2 aliphatic heterocycles. The van der Waals surface area contributed by atoms with Crippen molar-refractivity contribution in [2.45, 2.75) is 29.0 Å². The molecule has 0 radical (unpaired) electrons. The van der Waals surface area contributed by atoms with Gasteiger partial charge >= 0.3 is 0 Å². The largest absolute Gasteiger partial charge is 0.382 e. The van der Waals surface area contributed by atoms with Gasteiger partial charge in [-0.05, 0) is 37.1 Å². The van der Waals surface area contributed by atoms with Gasteiger partial charge in [-0.1, -0.05) is 41.6 Å². The zero-order chi connectivity index (χ0) is 26.8. The number of piperidine rings is 1.